The number of hydrogen-bond acceptors (Lipinski definition) is 1. The van der Waals surface area contributed by atoms with Gasteiger partial charge in [0.25, 0.3) is 5.91 Å². The van der Waals surface area contributed by atoms with E-state index in [1.807, 2.05) is 25.1 Å². The quantitative estimate of drug-likeness (QED) is 0.772. The zero-order valence-corrected chi connectivity index (χ0v) is 13.6. The van der Waals surface area contributed by atoms with E-state index in [-0.39, 0.29) is 11.9 Å². The SMILES string of the molecule is Cc1c(Br)cccc1C(=O)NC1CCCCC1Br. The summed E-state index contributed by atoms with van der Waals surface area (Å²) in [6, 6.07) is 5.99. The van der Waals surface area contributed by atoms with Gasteiger partial charge in [0.15, 0.2) is 0 Å². The van der Waals surface area contributed by atoms with E-state index in [4.69, 9.17) is 0 Å². The normalized spacial score (nSPS) is 23.7. The lowest BCUT2D eigenvalue weighted by molar-refractivity contribution is 0.0929. The average molecular weight is 375 g/mol. The summed E-state index contributed by atoms with van der Waals surface area (Å²) in [5, 5.41) is 3.15. The van der Waals surface area contributed by atoms with Crippen LogP contribution in [-0.4, -0.2) is 16.8 Å². The van der Waals surface area contributed by atoms with Crippen LogP contribution < -0.4 is 5.32 Å². The zero-order valence-electron chi connectivity index (χ0n) is 10.4. The van der Waals surface area contributed by atoms with Crippen LogP contribution in [0.5, 0.6) is 0 Å². The Balaban J connectivity index is 2.09. The third kappa shape index (κ3) is 3.15. The number of amides is 1. The van der Waals surface area contributed by atoms with E-state index >= 15 is 0 Å². The maximum Gasteiger partial charge on any atom is 0.251 e. The lowest BCUT2D eigenvalue weighted by Gasteiger charge is -2.28. The van der Waals surface area contributed by atoms with Crippen molar-refractivity contribution in [3.63, 3.8) is 0 Å². The van der Waals surface area contributed by atoms with E-state index in [0.29, 0.717) is 4.83 Å². The lowest BCUT2D eigenvalue weighted by Crippen LogP contribution is -2.42. The lowest BCUT2D eigenvalue weighted by atomic mass is 9.95. The summed E-state index contributed by atoms with van der Waals surface area (Å²) in [4.78, 5) is 12.7. The van der Waals surface area contributed by atoms with Gasteiger partial charge >= 0.3 is 0 Å². The highest BCUT2D eigenvalue weighted by Crippen LogP contribution is 2.25. The van der Waals surface area contributed by atoms with Gasteiger partial charge in [-0.05, 0) is 37.5 Å². The second kappa shape index (κ2) is 6.20. The summed E-state index contributed by atoms with van der Waals surface area (Å²) < 4.78 is 0.981. The maximum absolute atomic E-state index is 12.3. The Morgan fingerprint density at radius 3 is 2.78 bits per heavy atom. The number of carbonyl (C=O) groups excluding carboxylic acids is 1. The highest BCUT2D eigenvalue weighted by Gasteiger charge is 2.25. The highest BCUT2D eigenvalue weighted by atomic mass is 79.9. The maximum atomic E-state index is 12.3. The highest BCUT2D eigenvalue weighted by molar-refractivity contribution is 9.10. The summed E-state index contributed by atoms with van der Waals surface area (Å²) >= 11 is 7.13. The second-order valence-electron chi connectivity index (χ2n) is 4.79. The Morgan fingerprint density at radius 2 is 2.06 bits per heavy atom. The fourth-order valence-corrected chi connectivity index (χ4v) is 3.43. The van der Waals surface area contributed by atoms with Crippen LogP contribution >= 0.6 is 31.9 Å². The van der Waals surface area contributed by atoms with Gasteiger partial charge in [-0.3, -0.25) is 4.79 Å². The molecule has 2 atom stereocenters. The first-order valence-corrected chi connectivity index (χ1v) is 8.00. The van der Waals surface area contributed by atoms with Crippen LogP contribution in [0.2, 0.25) is 0 Å². The monoisotopic (exact) mass is 373 g/mol. The minimum absolute atomic E-state index is 0.0325. The molecule has 0 spiro atoms. The van der Waals surface area contributed by atoms with Crippen molar-refractivity contribution in [1.82, 2.24) is 5.32 Å². The van der Waals surface area contributed by atoms with Crippen molar-refractivity contribution in [1.29, 1.82) is 0 Å². The van der Waals surface area contributed by atoms with E-state index in [1.165, 1.54) is 12.8 Å². The third-order valence-electron chi connectivity index (χ3n) is 3.51. The number of hydrogen-bond donors (Lipinski definition) is 1. The first-order chi connectivity index (χ1) is 8.59. The van der Waals surface area contributed by atoms with Gasteiger partial charge < -0.3 is 5.32 Å². The van der Waals surface area contributed by atoms with Gasteiger partial charge in [0, 0.05) is 20.9 Å². The van der Waals surface area contributed by atoms with Gasteiger partial charge in [-0.25, -0.2) is 0 Å². The Hall–Kier alpha value is -0.350. The molecule has 1 amide bonds. The molecule has 2 rings (SSSR count). The second-order valence-corrected chi connectivity index (χ2v) is 6.82. The standard InChI is InChI=1S/C14H17Br2NO/c1-9-10(5-4-7-11(9)15)14(18)17-13-8-3-2-6-12(13)16/h4-5,7,12-13H,2-3,6,8H2,1H3,(H,17,18). The summed E-state index contributed by atoms with van der Waals surface area (Å²) in [5.41, 5.74) is 1.76. The molecule has 1 N–H and O–H groups in total. The molecule has 1 aliphatic carbocycles. The van der Waals surface area contributed by atoms with Gasteiger partial charge in [0.1, 0.15) is 0 Å². The van der Waals surface area contributed by atoms with E-state index < -0.39 is 0 Å². The molecule has 4 heteroatoms. The largest absolute Gasteiger partial charge is 0.348 e. The van der Waals surface area contributed by atoms with Crippen molar-refractivity contribution in [2.24, 2.45) is 0 Å². The molecule has 2 unspecified atom stereocenters. The van der Waals surface area contributed by atoms with Crippen LogP contribution in [0, 0.1) is 6.92 Å². The average Bonchev–Trinajstić information content (AvgIpc) is 2.35. The number of benzene rings is 1. The summed E-state index contributed by atoms with van der Waals surface area (Å²) in [6.45, 7) is 1.96. The van der Waals surface area contributed by atoms with Crippen LogP contribution in [0.1, 0.15) is 41.6 Å². The minimum atomic E-state index is 0.0325. The molecule has 98 valence electrons. The molecule has 1 aromatic rings. The molecule has 2 nitrogen and oxygen atoms in total. The van der Waals surface area contributed by atoms with Crippen molar-refractivity contribution in [3.8, 4) is 0 Å². The molecule has 18 heavy (non-hydrogen) atoms. The number of rotatable bonds is 2. The smallest absolute Gasteiger partial charge is 0.251 e. The minimum Gasteiger partial charge on any atom is -0.348 e. The Morgan fingerprint density at radius 1 is 1.33 bits per heavy atom. The predicted molar refractivity (Wildman–Crippen MR) is 81.3 cm³/mol. The van der Waals surface area contributed by atoms with Crippen molar-refractivity contribution in [2.75, 3.05) is 0 Å². The Labute approximate surface area is 125 Å². The van der Waals surface area contributed by atoms with Crippen LogP contribution in [-0.2, 0) is 0 Å². The molecule has 1 fully saturated rings. The molecule has 0 saturated heterocycles. The zero-order chi connectivity index (χ0) is 13.1. The van der Waals surface area contributed by atoms with Crippen LogP contribution in [0.15, 0.2) is 22.7 Å². The van der Waals surface area contributed by atoms with Crippen LogP contribution in [0.3, 0.4) is 0 Å². The molecule has 1 aliphatic rings. The molecule has 1 saturated carbocycles. The van der Waals surface area contributed by atoms with Gasteiger partial charge in [0.2, 0.25) is 0 Å². The summed E-state index contributed by atoms with van der Waals surface area (Å²) in [7, 11) is 0. The van der Waals surface area contributed by atoms with Gasteiger partial charge in [0.05, 0.1) is 0 Å². The Bertz CT molecular complexity index is 447. The Kier molecular flexibility index (Phi) is 4.84. The van der Waals surface area contributed by atoms with E-state index in [1.54, 1.807) is 0 Å². The molecular weight excluding hydrogens is 358 g/mol. The van der Waals surface area contributed by atoms with Gasteiger partial charge in [-0.2, -0.15) is 0 Å². The first-order valence-electron chi connectivity index (χ1n) is 6.29. The molecule has 0 radical (unpaired) electrons. The summed E-state index contributed by atoms with van der Waals surface area (Å²) in [5.74, 6) is 0.0325. The van der Waals surface area contributed by atoms with Crippen LogP contribution in [0.25, 0.3) is 0 Å². The molecule has 0 aliphatic heterocycles. The van der Waals surface area contributed by atoms with Gasteiger partial charge in [-0.15, -0.1) is 0 Å². The topological polar surface area (TPSA) is 29.1 Å². The van der Waals surface area contributed by atoms with Crippen molar-refractivity contribution < 1.29 is 4.79 Å². The number of halogens is 2. The molecule has 0 heterocycles. The third-order valence-corrected chi connectivity index (χ3v) is 5.47. The number of alkyl halides is 1. The van der Waals surface area contributed by atoms with Crippen molar-refractivity contribution >= 4 is 37.8 Å². The molecule has 0 bridgehead atoms. The molecule has 0 aromatic heterocycles. The van der Waals surface area contributed by atoms with E-state index in [0.717, 1.165) is 28.4 Å². The summed E-state index contributed by atoms with van der Waals surface area (Å²) in [6.07, 6.45) is 4.65. The van der Waals surface area contributed by atoms with Crippen molar-refractivity contribution in [3.05, 3.63) is 33.8 Å². The molecule has 1 aromatic carbocycles. The van der Waals surface area contributed by atoms with Gasteiger partial charge in [-0.1, -0.05) is 50.8 Å². The van der Waals surface area contributed by atoms with E-state index in [2.05, 4.69) is 37.2 Å². The van der Waals surface area contributed by atoms with E-state index in [9.17, 15) is 4.79 Å². The number of carbonyl (C=O) groups is 1. The van der Waals surface area contributed by atoms with Crippen LogP contribution in [0.4, 0.5) is 0 Å². The predicted octanol–water partition coefficient (Wildman–Crippen LogP) is 4.19. The first kappa shape index (κ1) is 14.1. The fraction of sp³-hybridized carbons (Fsp3) is 0.500. The van der Waals surface area contributed by atoms with Crippen molar-refractivity contribution in [2.45, 2.75) is 43.5 Å². The number of nitrogens with one attached hydrogen (secondary N) is 1. The fourth-order valence-electron chi connectivity index (χ4n) is 2.35. The molecular formula is C14H17Br2NO.